The van der Waals surface area contributed by atoms with E-state index in [1.54, 1.807) is 24.3 Å². The van der Waals surface area contributed by atoms with Crippen LogP contribution in [0.15, 0.2) is 59.5 Å². The Kier molecular flexibility index (Phi) is 3.12. The second kappa shape index (κ2) is 4.79. The van der Waals surface area contributed by atoms with Crippen LogP contribution < -0.4 is 4.72 Å². The van der Waals surface area contributed by atoms with Gasteiger partial charge in [0, 0.05) is 6.04 Å². The number of hydrogen-bond acceptors (Lipinski definition) is 2. The minimum atomic E-state index is -3.44. The second-order valence-corrected chi connectivity index (χ2v) is 6.44. The Morgan fingerprint density at radius 1 is 0.947 bits per heavy atom. The first-order valence-electron chi connectivity index (χ1n) is 6.32. The summed E-state index contributed by atoms with van der Waals surface area (Å²) < 4.78 is 27.4. The lowest BCUT2D eigenvalue weighted by atomic mass is 10.1. The lowest BCUT2D eigenvalue weighted by Gasteiger charge is -2.14. The molecule has 2 aromatic carbocycles. The molecule has 19 heavy (non-hydrogen) atoms. The van der Waals surface area contributed by atoms with E-state index in [0.29, 0.717) is 4.90 Å². The average Bonchev–Trinajstić information content (AvgIpc) is 2.83. The van der Waals surface area contributed by atoms with Gasteiger partial charge in [0.05, 0.1) is 4.90 Å². The molecule has 4 heteroatoms. The van der Waals surface area contributed by atoms with E-state index in [4.69, 9.17) is 0 Å². The van der Waals surface area contributed by atoms with E-state index < -0.39 is 10.0 Å². The summed E-state index contributed by atoms with van der Waals surface area (Å²) in [6, 6.07) is 16.4. The van der Waals surface area contributed by atoms with Crippen LogP contribution >= 0.6 is 0 Å². The number of rotatable bonds is 3. The van der Waals surface area contributed by atoms with Crippen molar-refractivity contribution in [2.75, 3.05) is 0 Å². The molecule has 1 N–H and O–H groups in total. The normalized spacial score (nSPS) is 18.2. The Labute approximate surface area is 113 Å². The van der Waals surface area contributed by atoms with Crippen molar-refractivity contribution in [1.82, 2.24) is 4.72 Å². The molecule has 0 aliphatic heterocycles. The van der Waals surface area contributed by atoms with Gasteiger partial charge in [-0.3, -0.25) is 0 Å². The highest BCUT2D eigenvalue weighted by Crippen LogP contribution is 2.31. The van der Waals surface area contributed by atoms with E-state index in [1.807, 2.05) is 24.3 Å². The van der Waals surface area contributed by atoms with Crippen LogP contribution in [0.4, 0.5) is 0 Å². The van der Waals surface area contributed by atoms with Crippen LogP contribution in [0.2, 0.25) is 0 Å². The molecule has 0 spiro atoms. The molecular weight excluding hydrogens is 258 g/mol. The van der Waals surface area contributed by atoms with Gasteiger partial charge in [0.15, 0.2) is 0 Å². The van der Waals surface area contributed by atoms with Crippen molar-refractivity contribution in [3.8, 4) is 0 Å². The molecule has 0 radical (unpaired) electrons. The summed E-state index contributed by atoms with van der Waals surface area (Å²) in [6.07, 6.45) is 1.75. The first-order valence-corrected chi connectivity index (χ1v) is 7.80. The van der Waals surface area contributed by atoms with Gasteiger partial charge in [0.1, 0.15) is 0 Å². The molecule has 0 heterocycles. The Hall–Kier alpha value is -1.65. The predicted molar refractivity (Wildman–Crippen MR) is 74.3 cm³/mol. The zero-order valence-corrected chi connectivity index (χ0v) is 11.2. The predicted octanol–water partition coefficient (Wildman–Crippen LogP) is 2.65. The van der Waals surface area contributed by atoms with E-state index in [0.717, 1.165) is 18.4 Å². The lowest BCUT2D eigenvalue weighted by Crippen LogP contribution is -2.27. The molecule has 3 nitrogen and oxygen atoms in total. The fraction of sp³-hybridized carbons (Fsp3) is 0.200. The third-order valence-electron chi connectivity index (χ3n) is 3.48. The minimum absolute atomic E-state index is 0.110. The van der Waals surface area contributed by atoms with Gasteiger partial charge < -0.3 is 0 Å². The molecule has 0 saturated carbocycles. The van der Waals surface area contributed by atoms with Crippen LogP contribution in [0.5, 0.6) is 0 Å². The van der Waals surface area contributed by atoms with Crippen LogP contribution in [-0.4, -0.2) is 8.42 Å². The summed E-state index contributed by atoms with van der Waals surface area (Å²) in [5.74, 6) is 0. The molecule has 0 unspecified atom stereocenters. The van der Waals surface area contributed by atoms with Crippen molar-refractivity contribution >= 4 is 10.0 Å². The number of sulfonamides is 1. The summed E-state index contributed by atoms with van der Waals surface area (Å²) in [7, 11) is -3.44. The summed E-state index contributed by atoms with van der Waals surface area (Å²) >= 11 is 0. The first-order chi connectivity index (χ1) is 9.17. The van der Waals surface area contributed by atoms with E-state index >= 15 is 0 Å². The van der Waals surface area contributed by atoms with Gasteiger partial charge >= 0.3 is 0 Å². The van der Waals surface area contributed by atoms with E-state index in [1.165, 1.54) is 5.56 Å². The van der Waals surface area contributed by atoms with E-state index in [-0.39, 0.29) is 6.04 Å². The van der Waals surface area contributed by atoms with Crippen molar-refractivity contribution < 1.29 is 8.42 Å². The second-order valence-electron chi connectivity index (χ2n) is 4.72. The van der Waals surface area contributed by atoms with Crippen LogP contribution in [0, 0.1) is 0 Å². The first kappa shape index (κ1) is 12.4. The van der Waals surface area contributed by atoms with Gasteiger partial charge in [-0.2, -0.15) is 0 Å². The van der Waals surface area contributed by atoms with Crippen molar-refractivity contribution in [3.05, 3.63) is 65.7 Å². The zero-order valence-electron chi connectivity index (χ0n) is 10.4. The summed E-state index contributed by atoms with van der Waals surface area (Å²) in [5.41, 5.74) is 2.34. The fourth-order valence-electron chi connectivity index (χ4n) is 2.53. The smallest absolute Gasteiger partial charge is 0.207 e. The van der Waals surface area contributed by atoms with Crippen molar-refractivity contribution in [2.24, 2.45) is 0 Å². The monoisotopic (exact) mass is 273 g/mol. The Bertz CT molecular complexity index is 680. The number of benzene rings is 2. The fourth-order valence-corrected chi connectivity index (χ4v) is 3.81. The highest BCUT2D eigenvalue weighted by molar-refractivity contribution is 7.89. The lowest BCUT2D eigenvalue weighted by molar-refractivity contribution is 0.554. The molecule has 98 valence electrons. The van der Waals surface area contributed by atoms with E-state index in [9.17, 15) is 8.42 Å². The summed E-state index contributed by atoms with van der Waals surface area (Å²) in [5, 5.41) is 0. The van der Waals surface area contributed by atoms with Crippen molar-refractivity contribution in [1.29, 1.82) is 0 Å². The van der Waals surface area contributed by atoms with Crippen LogP contribution in [0.25, 0.3) is 0 Å². The quantitative estimate of drug-likeness (QED) is 0.934. The van der Waals surface area contributed by atoms with Gasteiger partial charge in [-0.15, -0.1) is 0 Å². The molecule has 1 aliphatic rings. The van der Waals surface area contributed by atoms with Gasteiger partial charge in [0.25, 0.3) is 0 Å². The molecule has 0 aromatic heterocycles. The molecule has 0 amide bonds. The maximum atomic E-state index is 12.3. The largest absolute Gasteiger partial charge is 0.241 e. The summed E-state index contributed by atoms with van der Waals surface area (Å²) in [4.78, 5) is 0.319. The standard InChI is InChI=1S/C15H15NO2S/c17-19(18,13-7-2-1-3-8-13)16-15-11-10-12-6-4-5-9-14(12)15/h1-9,15-16H,10-11H2/t15-/m1/s1. The molecule has 3 rings (SSSR count). The SMILES string of the molecule is O=S(=O)(N[C@@H]1CCc2ccccc21)c1ccccc1. The molecule has 1 aliphatic carbocycles. The van der Waals surface area contributed by atoms with Crippen molar-refractivity contribution in [3.63, 3.8) is 0 Å². The van der Waals surface area contributed by atoms with Crippen LogP contribution in [0.3, 0.4) is 0 Å². The minimum Gasteiger partial charge on any atom is -0.207 e. The average molecular weight is 273 g/mol. The maximum absolute atomic E-state index is 12.3. The highest BCUT2D eigenvalue weighted by atomic mass is 32.2. The van der Waals surface area contributed by atoms with Gasteiger partial charge in [-0.1, -0.05) is 42.5 Å². The maximum Gasteiger partial charge on any atom is 0.241 e. The molecule has 2 aromatic rings. The highest BCUT2D eigenvalue weighted by Gasteiger charge is 2.26. The van der Waals surface area contributed by atoms with Gasteiger partial charge in [-0.25, -0.2) is 13.1 Å². The number of aryl methyl sites for hydroxylation is 1. The van der Waals surface area contributed by atoms with Crippen LogP contribution in [-0.2, 0) is 16.4 Å². The molecule has 0 saturated heterocycles. The zero-order chi connectivity index (χ0) is 13.3. The number of hydrogen-bond donors (Lipinski definition) is 1. The Morgan fingerprint density at radius 2 is 1.63 bits per heavy atom. The van der Waals surface area contributed by atoms with Gasteiger partial charge in [-0.05, 0) is 36.1 Å². The van der Waals surface area contributed by atoms with E-state index in [2.05, 4.69) is 10.8 Å². The van der Waals surface area contributed by atoms with Crippen molar-refractivity contribution in [2.45, 2.75) is 23.8 Å². The summed E-state index contributed by atoms with van der Waals surface area (Å²) in [6.45, 7) is 0. The molecule has 0 bridgehead atoms. The Balaban J connectivity index is 1.88. The van der Waals surface area contributed by atoms with Gasteiger partial charge in [0.2, 0.25) is 10.0 Å². The molecule has 0 fully saturated rings. The third-order valence-corrected chi connectivity index (χ3v) is 4.97. The molecular formula is C15H15NO2S. The third kappa shape index (κ3) is 2.41. The molecule has 1 atom stereocenters. The number of fused-ring (bicyclic) bond motifs is 1. The van der Waals surface area contributed by atoms with Crippen LogP contribution in [0.1, 0.15) is 23.6 Å². The Morgan fingerprint density at radius 3 is 2.42 bits per heavy atom. The topological polar surface area (TPSA) is 46.2 Å². The number of nitrogens with one attached hydrogen (secondary N) is 1.